The van der Waals surface area contributed by atoms with E-state index in [2.05, 4.69) is 31.4 Å². The molecule has 3 heteroatoms. The highest BCUT2D eigenvalue weighted by molar-refractivity contribution is 4.89. The molecule has 0 aromatic rings. The zero-order valence-electron chi connectivity index (χ0n) is 9.18. The maximum Gasteiger partial charge on any atom is 0.0857 e. The summed E-state index contributed by atoms with van der Waals surface area (Å²) in [7, 11) is 2.01. The number of hydrogen-bond donors (Lipinski definition) is 2. The first-order chi connectivity index (χ1) is 6.05. The van der Waals surface area contributed by atoms with Gasteiger partial charge in [-0.3, -0.25) is 0 Å². The maximum absolute atomic E-state index is 5.73. The second-order valence-electron chi connectivity index (χ2n) is 4.75. The Bertz CT molecular complexity index is 147. The summed E-state index contributed by atoms with van der Waals surface area (Å²) in [5, 5.41) is 6.70. The maximum atomic E-state index is 5.73. The summed E-state index contributed by atoms with van der Waals surface area (Å²) in [6, 6.07) is 0.417. The predicted molar refractivity (Wildman–Crippen MR) is 54.9 cm³/mol. The van der Waals surface area contributed by atoms with Crippen LogP contribution in [0.5, 0.6) is 0 Å². The fraction of sp³-hybridized carbons (Fsp3) is 1.00. The molecule has 0 aliphatic carbocycles. The Morgan fingerprint density at radius 1 is 1.46 bits per heavy atom. The van der Waals surface area contributed by atoms with E-state index in [4.69, 9.17) is 4.74 Å². The molecule has 2 N–H and O–H groups in total. The summed E-state index contributed by atoms with van der Waals surface area (Å²) in [5.74, 6) is 0. The fourth-order valence-corrected chi connectivity index (χ4v) is 1.98. The number of ether oxygens (including phenoxy) is 1. The van der Waals surface area contributed by atoms with Gasteiger partial charge < -0.3 is 15.4 Å². The summed E-state index contributed by atoms with van der Waals surface area (Å²) >= 11 is 0. The van der Waals surface area contributed by atoms with Crippen LogP contribution in [0, 0.1) is 5.41 Å². The monoisotopic (exact) mass is 186 g/mol. The second-order valence-corrected chi connectivity index (χ2v) is 4.75. The number of nitrogens with one attached hydrogen (secondary N) is 2. The molecule has 3 nitrogen and oxygen atoms in total. The van der Waals surface area contributed by atoms with Crippen molar-refractivity contribution in [2.75, 3.05) is 26.7 Å². The average Bonchev–Trinajstić information content (AvgIpc) is 2.05. The van der Waals surface area contributed by atoms with Crippen LogP contribution < -0.4 is 10.6 Å². The van der Waals surface area contributed by atoms with Crippen molar-refractivity contribution in [3.05, 3.63) is 0 Å². The standard InChI is InChI=1S/C10H22N2O/c1-10(2,3)9(11-4)8-7-12-5-6-13-8/h8-9,11-12H,5-7H2,1-4H3. The van der Waals surface area contributed by atoms with Crippen molar-refractivity contribution in [2.24, 2.45) is 5.41 Å². The highest BCUT2D eigenvalue weighted by Crippen LogP contribution is 2.23. The molecule has 1 aliphatic heterocycles. The highest BCUT2D eigenvalue weighted by Gasteiger charge is 2.32. The molecule has 1 saturated heterocycles. The van der Waals surface area contributed by atoms with Crippen LogP contribution in [-0.2, 0) is 4.74 Å². The summed E-state index contributed by atoms with van der Waals surface area (Å²) in [6.07, 6.45) is 0.304. The van der Waals surface area contributed by atoms with Crippen LogP contribution in [0.3, 0.4) is 0 Å². The molecule has 0 spiro atoms. The van der Waals surface area contributed by atoms with Gasteiger partial charge in [0, 0.05) is 19.1 Å². The van der Waals surface area contributed by atoms with E-state index in [9.17, 15) is 0 Å². The van der Waals surface area contributed by atoms with E-state index in [1.54, 1.807) is 0 Å². The van der Waals surface area contributed by atoms with E-state index in [1.807, 2.05) is 7.05 Å². The van der Waals surface area contributed by atoms with Gasteiger partial charge in [-0.15, -0.1) is 0 Å². The van der Waals surface area contributed by atoms with E-state index in [0.29, 0.717) is 12.1 Å². The summed E-state index contributed by atoms with van der Waals surface area (Å²) in [5.41, 5.74) is 0.248. The molecule has 2 atom stereocenters. The van der Waals surface area contributed by atoms with Crippen molar-refractivity contribution in [1.82, 2.24) is 10.6 Å². The van der Waals surface area contributed by atoms with E-state index in [-0.39, 0.29) is 5.41 Å². The molecule has 0 bridgehead atoms. The Kier molecular flexibility index (Phi) is 3.71. The Hall–Kier alpha value is -0.120. The van der Waals surface area contributed by atoms with Gasteiger partial charge in [-0.1, -0.05) is 20.8 Å². The molecule has 13 heavy (non-hydrogen) atoms. The number of likely N-dealkylation sites (N-methyl/N-ethyl adjacent to an activating group) is 1. The highest BCUT2D eigenvalue weighted by atomic mass is 16.5. The lowest BCUT2D eigenvalue weighted by molar-refractivity contribution is -0.0198. The van der Waals surface area contributed by atoms with Gasteiger partial charge >= 0.3 is 0 Å². The van der Waals surface area contributed by atoms with Gasteiger partial charge in [-0.2, -0.15) is 0 Å². The third kappa shape index (κ3) is 2.93. The van der Waals surface area contributed by atoms with E-state index < -0.39 is 0 Å². The molecule has 1 aliphatic rings. The lowest BCUT2D eigenvalue weighted by atomic mass is 9.83. The smallest absolute Gasteiger partial charge is 0.0857 e. The van der Waals surface area contributed by atoms with Crippen LogP contribution in [0.1, 0.15) is 20.8 Å². The topological polar surface area (TPSA) is 33.3 Å². The van der Waals surface area contributed by atoms with Crippen molar-refractivity contribution < 1.29 is 4.74 Å². The summed E-state index contributed by atoms with van der Waals surface area (Å²) < 4.78 is 5.73. The third-order valence-corrected chi connectivity index (χ3v) is 2.57. The first-order valence-electron chi connectivity index (χ1n) is 5.05. The minimum atomic E-state index is 0.248. The summed E-state index contributed by atoms with van der Waals surface area (Å²) in [6.45, 7) is 9.50. The molecule has 2 unspecified atom stereocenters. The second kappa shape index (κ2) is 4.40. The van der Waals surface area contributed by atoms with Crippen molar-refractivity contribution in [3.8, 4) is 0 Å². The SMILES string of the molecule is CNC(C1CNCCO1)C(C)(C)C. The molecule has 0 saturated carbocycles. The zero-order valence-corrected chi connectivity index (χ0v) is 9.18. The molecule has 78 valence electrons. The minimum Gasteiger partial charge on any atom is -0.374 e. The van der Waals surface area contributed by atoms with Gasteiger partial charge in [0.2, 0.25) is 0 Å². The quantitative estimate of drug-likeness (QED) is 0.663. The van der Waals surface area contributed by atoms with Crippen LogP contribution in [-0.4, -0.2) is 38.9 Å². The molecule has 0 aromatic heterocycles. The summed E-state index contributed by atoms with van der Waals surface area (Å²) in [4.78, 5) is 0. The lowest BCUT2D eigenvalue weighted by Gasteiger charge is -2.38. The van der Waals surface area contributed by atoms with Gasteiger partial charge in [0.15, 0.2) is 0 Å². The largest absolute Gasteiger partial charge is 0.374 e. The van der Waals surface area contributed by atoms with Crippen molar-refractivity contribution >= 4 is 0 Å². The molecular formula is C10H22N2O. The molecular weight excluding hydrogens is 164 g/mol. The fourth-order valence-electron chi connectivity index (χ4n) is 1.98. The lowest BCUT2D eigenvalue weighted by Crippen LogP contribution is -2.55. The van der Waals surface area contributed by atoms with E-state index in [1.165, 1.54) is 0 Å². The van der Waals surface area contributed by atoms with Crippen LogP contribution >= 0.6 is 0 Å². The van der Waals surface area contributed by atoms with Crippen LogP contribution in [0.25, 0.3) is 0 Å². The van der Waals surface area contributed by atoms with E-state index in [0.717, 1.165) is 19.7 Å². The van der Waals surface area contributed by atoms with Gasteiger partial charge in [0.05, 0.1) is 12.7 Å². The van der Waals surface area contributed by atoms with Gasteiger partial charge in [0.25, 0.3) is 0 Å². The Morgan fingerprint density at radius 3 is 2.54 bits per heavy atom. The number of rotatable bonds is 2. The van der Waals surface area contributed by atoms with Gasteiger partial charge in [0.1, 0.15) is 0 Å². The van der Waals surface area contributed by atoms with Crippen molar-refractivity contribution in [2.45, 2.75) is 32.9 Å². The Labute approximate surface area is 81.2 Å². The Morgan fingerprint density at radius 2 is 2.15 bits per heavy atom. The molecule has 0 aromatic carbocycles. The van der Waals surface area contributed by atoms with Crippen LogP contribution in [0.15, 0.2) is 0 Å². The van der Waals surface area contributed by atoms with Gasteiger partial charge in [-0.05, 0) is 12.5 Å². The third-order valence-electron chi connectivity index (χ3n) is 2.57. The zero-order chi connectivity index (χ0) is 9.90. The minimum absolute atomic E-state index is 0.248. The van der Waals surface area contributed by atoms with Crippen molar-refractivity contribution in [3.63, 3.8) is 0 Å². The van der Waals surface area contributed by atoms with Crippen LogP contribution in [0.4, 0.5) is 0 Å². The van der Waals surface area contributed by atoms with Gasteiger partial charge in [-0.25, -0.2) is 0 Å². The van der Waals surface area contributed by atoms with Crippen molar-refractivity contribution in [1.29, 1.82) is 0 Å². The molecule has 1 heterocycles. The molecule has 0 amide bonds. The first kappa shape index (κ1) is 11.0. The number of hydrogen-bond acceptors (Lipinski definition) is 3. The molecule has 0 radical (unpaired) electrons. The average molecular weight is 186 g/mol. The Balaban J connectivity index is 2.54. The first-order valence-corrected chi connectivity index (χ1v) is 5.05. The normalized spacial score (nSPS) is 27.2. The molecule has 1 fully saturated rings. The molecule has 1 rings (SSSR count). The number of morpholine rings is 1. The van der Waals surface area contributed by atoms with E-state index >= 15 is 0 Å². The predicted octanol–water partition coefficient (Wildman–Crippen LogP) is 0.609. The van der Waals surface area contributed by atoms with Crippen LogP contribution in [0.2, 0.25) is 0 Å².